The van der Waals surface area contributed by atoms with Gasteiger partial charge in [0.25, 0.3) is 0 Å². The first-order valence-electron chi connectivity index (χ1n) is 9.34. The average molecular weight is 406 g/mol. The molecule has 0 bridgehead atoms. The fourth-order valence-corrected chi connectivity index (χ4v) is 3.95. The maximum absolute atomic E-state index is 14.4. The van der Waals surface area contributed by atoms with E-state index in [4.69, 9.17) is 5.26 Å². The quantitative estimate of drug-likeness (QED) is 0.475. The molecule has 3 rings (SSSR count). The first kappa shape index (κ1) is 20.6. The minimum atomic E-state index is -0.346. The number of hydrogen-bond donors (Lipinski definition) is 0. The van der Waals surface area contributed by atoms with Crippen LogP contribution in [0.4, 0.5) is 4.39 Å². The van der Waals surface area contributed by atoms with Crippen LogP contribution in [0.2, 0.25) is 0 Å². The summed E-state index contributed by atoms with van der Waals surface area (Å²) in [5, 5.41) is 27.2. The summed E-state index contributed by atoms with van der Waals surface area (Å²) in [5.74, 6) is 0.406. The lowest BCUT2D eigenvalue weighted by Crippen LogP contribution is -2.08. The third-order valence-electron chi connectivity index (χ3n) is 4.50. The summed E-state index contributed by atoms with van der Waals surface area (Å²) < 4.78 is 16.3. The Labute approximate surface area is 173 Å². The maximum Gasteiger partial charge on any atom is 0.191 e. The Hall–Kier alpha value is -3.16. The molecule has 1 aromatic heterocycles. The van der Waals surface area contributed by atoms with E-state index >= 15 is 0 Å². The topological polar surface area (TPSA) is 78.3 Å². The zero-order valence-corrected chi connectivity index (χ0v) is 16.6. The van der Waals surface area contributed by atoms with Crippen LogP contribution in [0.5, 0.6) is 0 Å². The number of thioether (sulfide) groups is 1. The number of halogens is 1. The van der Waals surface area contributed by atoms with E-state index in [1.165, 1.54) is 23.4 Å². The van der Waals surface area contributed by atoms with Crippen molar-refractivity contribution in [1.82, 2.24) is 14.8 Å². The van der Waals surface area contributed by atoms with Gasteiger partial charge in [-0.3, -0.25) is 0 Å². The average Bonchev–Trinajstić information content (AvgIpc) is 3.16. The van der Waals surface area contributed by atoms with Crippen LogP contribution in [0.15, 0.2) is 59.8 Å². The predicted octanol–water partition coefficient (Wildman–Crippen LogP) is 4.86. The normalized spacial score (nSPS) is 11.6. The highest BCUT2D eigenvalue weighted by Gasteiger charge is 2.18. The van der Waals surface area contributed by atoms with Gasteiger partial charge < -0.3 is 4.57 Å². The number of rotatable bonds is 9. The molecule has 7 heteroatoms. The number of aryl methyl sites for hydroxylation is 1. The molecule has 0 aliphatic rings. The highest BCUT2D eigenvalue weighted by molar-refractivity contribution is 7.99. The molecule has 0 spiro atoms. The lowest BCUT2D eigenvalue weighted by atomic mass is 10.1. The number of nitriles is 2. The SMILES string of the molecule is N#CCC[C@H](C#N)CSc1nnc(-c2ccccc2F)n1CCc1ccccc1. The molecule has 0 fully saturated rings. The molecule has 0 aliphatic carbocycles. The standard InChI is InChI=1S/C22H20FN5S/c23-20-11-5-4-10-19(20)21-26-27-22(29-16-18(15-25)9-6-13-24)28(21)14-12-17-7-2-1-3-8-17/h1-5,7-8,10-11,18H,6,9,12,14,16H2/t18-/m1/s1. The van der Waals surface area contributed by atoms with Crippen molar-refractivity contribution in [1.29, 1.82) is 10.5 Å². The molecule has 5 nitrogen and oxygen atoms in total. The van der Waals surface area contributed by atoms with E-state index in [1.54, 1.807) is 18.2 Å². The van der Waals surface area contributed by atoms with Gasteiger partial charge >= 0.3 is 0 Å². The van der Waals surface area contributed by atoms with Crippen molar-refractivity contribution in [3.05, 3.63) is 66.0 Å². The summed E-state index contributed by atoms with van der Waals surface area (Å²) >= 11 is 1.42. The first-order chi connectivity index (χ1) is 14.2. The van der Waals surface area contributed by atoms with E-state index < -0.39 is 0 Å². The van der Waals surface area contributed by atoms with Crippen molar-refractivity contribution >= 4 is 11.8 Å². The molecule has 146 valence electrons. The molecule has 1 atom stereocenters. The summed E-state index contributed by atoms with van der Waals surface area (Å²) in [6.07, 6.45) is 1.63. The van der Waals surface area contributed by atoms with Crippen molar-refractivity contribution in [3.63, 3.8) is 0 Å². The summed E-state index contributed by atoms with van der Waals surface area (Å²) in [6, 6.07) is 20.9. The highest BCUT2D eigenvalue weighted by atomic mass is 32.2. The van der Waals surface area contributed by atoms with E-state index in [2.05, 4.69) is 22.3 Å². The third kappa shape index (κ3) is 5.43. The molecule has 0 amide bonds. The van der Waals surface area contributed by atoms with Crippen molar-refractivity contribution in [3.8, 4) is 23.5 Å². The molecular formula is C22H20FN5S. The van der Waals surface area contributed by atoms with Gasteiger partial charge in [-0.15, -0.1) is 10.2 Å². The molecule has 1 heterocycles. The van der Waals surface area contributed by atoms with Crippen LogP contribution in [0.25, 0.3) is 11.4 Å². The molecule has 2 aromatic carbocycles. The van der Waals surface area contributed by atoms with Gasteiger partial charge in [-0.05, 0) is 30.5 Å². The van der Waals surface area contributed by atoms with Crippen molar-refractivity contribution in [2.45, 2.75) is 31.0 Å². The summed E-state index contributed by atoms with van der Waals surface area (Å²) in [7, 11) is 0. The van der Waals surface area contributed by atoms with Gasteiger partial charge in [0.05, 0.1) is 23.6 Å². The molecule has 0 N–H and O–H groups in total. The molecule has 3 aromatic rings. The number of hydrogen-bond acceptors (Lipinski definition) is 5. The van der Waals surface area contributed by atoms with Crippen LogP contribution >= 0.6 is 11.8 Å². The molecule has 0 unspecified atom stereocenters. The van der Waals surface area contributed by atoms with E-state index in [0.717, 1.165) is 6.42 Å². The smallest absolute Gasteiger partial charge is 0.191 e. The monoisotopic (exact) mass is 405 g/mol. The number of aromatic nitrogens is 3. The Bertz CT molecular complexity index is 1020. The van der Waals surface area contributed by atoms with Gasteiger partial charge in [0.15, 0.2) is 11.0 Å². The highest BCUT2D eigenvalue weighted by Crippen LogP contribution is 2.28. The Kier molecular flexibility index (Phi) is 7.38. The van der Waals surface area contributed by atoms with Crippen LogP contribution in [0.3, 0.4) is 0 Å². The zero-order valence-electron chi connectivity index (χ0n) is 15.8. The molecule has 29 heavy (non-hydrogen) atoms. The zero-order chi connectivity index (χ0) is 20.5. The van der Waals surface area contributed by atoms with Gasteiger partial charge in [-0.2, -0.15) is 10.5 Å². The molecule has 0 aliphatic heterocycles. The molecule has 0 saturated carbocycles. The predicted molar refractivity (Wildman–Crippen MR) is 110 cm³/mol. The van der Waals surface area contributed by atoms with Crippen LogP contribution in [-0.4, -0.2) is 20.5 Å². The fourth-order valence-electron chi connectivity index (χ4n) is 2.92. The van der Waals surface area contributed by atoms with E-state index in [0.29, 0.717) is 41.7 Å². The van der Waals surface area contributed by atoms with Crippen molar-refractivity contribution in [2.75, 3.05) is 5.75 Å². The van der Waals surface area contributed by atoms with Crippen LogP contribution < -0.4 is 0 Å². The lowest BCUT2D eigenvalue weighted by Gasteiger charge is -2.12. The minimum Gasteiger partial charge on any atom is -0.302 e. The van der Waals surface area contributed by atoms with Crippen LogP contribution in [0, 0.1) is 34.4 Å². The van der Waals surface area contributed by atoms with Crippen molar-refractivity contribution in [2.24, 2.45) is 5.92 Å². The third-order valence-corrected chi connectivity index (χ3v) is 5.63. The van der Waals surface area contributed by atoms with Crippen LogP contribution in [0.1, 0.15) is 18.4 Å². The Balaban J connectivity index is 1.84. The number of benzene rings is 2. The molecule has 0 radical (unpaired) electrons. The van der Waals surface area contributed by atoms with E-state index in [9.17, 15) is 9.65 Å². The fraction of sp³-hybridized carbons (Fsp3) is 0.273. The summed E-state index contributed by atoms with van der Waals surface area (Å²) in [4.78, 5) is 0. The number of nitrogens with zero attached hydrogens (tertiary/aromatic N) is 5. The Morgan fingerprint density at radius 1 is 1.03 bits per heavy atom. The Morgan fingerprint density at radius 2 is 1.79 bits per heavy atom. The lowest BCUT2D eigenvalue weighted by molar-refractivity contribution is 0.615. The van der Waals surface area contributed by atoms with E-state index in [-0.39, 0.29) is 11.7 Å². The maximum atomic E-state index is 14.4. The second-order valence-electron chi connectivity index (χ2n) is 6.51. The first-order valence-corrected chi connectivity index (χ1v) is 10.3. The largest absolute Gasteiger partial charge is 0.302 e. The minimum absolute atomic E-state index is 0.240. The van der Waals surface area contributed by atoms with Crippen LogP contribution in [-0.2, 0) is 13.0 Å². The second-order valence-corrected chi connectivity index (χ2v) is 7.49. The van der Waals surface area contributed by atoms with E-state index in [1.807, 2.05) is 34.9 Å². The molecular weight excluding hydrogens is 385 g/mol. The summed E-state index contributed by atoms with van der Waals surface area (Å²) in [5.41, 5.74) is 1.57. The molecule has 0 saturated heterocycles. The second kappa shape index (κ2) is 10.4. The van der Waals surface area contributed by atoms with Crippen molar-refractivity contribution < 1.29 is 4.39 Å². The van der Waals surface area contributed by atoms with Gasteiger partial charge in [0, 0.05) is 18.7 Å². The van der Waals surface area contributed by atoms with Gasteiger partial charge in [-0.1, -0.05) is 54.2 Å². The van der Waals surface area contributed by atoms with Gasteiger partial charge in [0.1, 0.15) is 5.82 Å². The summed E-state index contributed by atoms with van der Waals surface area (Å²) in [6.45, 7) is 0.596. The van der Waals surface area contributed by atoms with Gasteiger partial charge in [-0.25, -0.2) is 4.39 Å². The van der Waals surface area contributed by atoms with Gasteiger partial charge in [0.2, 0.25) is 0 Å². The Morgan fingerprint density at radius 3 is 2.52 bits per heavy atom.